The molecule has 0 aromatic heterocycles. The van der Waals surface area contributed by atoms with Gasteiger partial charge in [0.25, 0.3) is 5.69 Å². The minimum Gasteiger partial charge on any atom is -0.488 e. The Kier molecular flexibility index (Phi) is 6.97. The van der Waals surface area contributed by atoms with Gasteiger partial charge in [-0.1, -0.05) is 47.1 Å². The largest absolute Gasteiger partial charge is 0.488 e. The minimum absolute atomic E-state index is 0.0280. The number of nitrogens with zero attached hydrogens (tertiary/aromatic N) is 2. The average Bonchev–Trinajstić information content (AvgIpc) is 2.71. The molecule has 3 rings (SSSR count). The van der Waals surface area contributed by atoms with Crippen LogP contribution in [0.2, 0.25) is 0 Å². The Morgan fingerprint density at radius 2 is 1.79 bits per heavy atom. The lowest BCUT2D eigenvalue weighted by atomic mass is 10.1. The summed E-state index contributed by atoms with van der Waals surface area (Å²) in [5.41, 5.74) is 3.84. The lowest BCUT2D eigenvalue weighted by Gasteiger charge is -2.09. The summed E-state index contributed by atoms with van der Waals surface area (Å²) in [4.78, 5) is 15.6. The SMILES string of the molecule is Cc1cccc(COc2ccc(/C=N\OCc3cccc([N+](=O)[O-])c3)cc2Br)c1. The van der Waals surface area contributed by atoms with Crippen LogP contribution < -0.4 is 4.74 Å². The number of hydrogen-bond acceptors (Lipinski definition) is 5. The number of oxime groups is 1. The van der Waals surface area contributed by atoms with Crippen molar-refractivity contribution < 1.29 is 14.5 Å². The van der Waals surface area contributed by atoms with Gasteiger partial charge < -0.3 is 9.57 Å². The second kappa shape index (κ2) is 9.84. The third-order valence-corrected chi connectivity index (χ3v) is 4.68. The summed E-state index contributed by atoms with van der Waals surface area (Å²) in [7, 11) is 0. The Morgan fingerprint density at radius 3 is 2.52 bits per heavy atom. The van der Waals surface area contributed by atoms with Crippen molar-refractivity contribution >= 4 is 27.8 Å². The van der Waals surface area contributed by atoms with E-state index in [0.29, 0.717) is 12.2 Å². The van der Waals surface area contributed by atoms with Crippen molar-refractivity contribution in [3.8, 4) is 5.75 Å². The predicted octanol–water partition coefficient (Wildman–Crippen LogP) is 5.80. The van der Waals surface area contributed by atoms with Gasteiger partial charge in [0.05, 0.1) is 15.6 Å². The molecule has 0 aliphatic rings. The van der Waals surface area contributed by atoms with Crippen LogP contribution in [0.15, 0.2) is 76.4 Å². The number of nitro benzene ring substituents is 1. The van der Waals surface area contributed by atoms with Gasteiger partial charge in [-0.25, -0.2) is 0 Å². The van der Waals surface area contributed by atoms with E-state index in [4.69, 9.17) is 9.57 Å². The summed E-state index contributed by atoms with van der Waals surface area (Å²) in [6, 6.07) is 20.1. The standard InChI is InChI=1S/C22H19BrN2O4/c1-16-4-2-5-18(10-16)14-28-22-9-8-17(12-21(22)23)13-24-29-15-19-6-3-7-20(11-19)25(26)27/h2-13H,14-15H2,1H3/b24-13-. The number of non-ortho nitro benzene ring substituents is 1. The zero-order valence-corrected chi connectivity index (χ0v) is 17.3. The van der Waals surface area contributed by atoms with E-state index in [0.717, 1.165) is 21.3 Å². The summed E-state index contributed by atoms with van der Waals surface area (Å²) in [5, 5.41) is 14.7. The monoisotopic (exact) mass is 454 g/mol. The Bertz CT molecular complexity index is 1040. The summed E-state index contributed by atoms with van der Waals surface area (Å²) in [6.07, 6.45) is 1.58. The molecule has 29 heavy (non-hydrogen) atoms. The molecule has 0 fully saturated rings. The van der Waals surface area contributed by atoms with Crippen molar-refractivity contribution in [2.45, 2.75) is 20.1 Å². The number of aryl methyl sites for hydroxylation is 1. The summed E-state index contributed by atoms with van der Waals surface area (Å²) < 4.78 is 6.68. The van der Waals surface area contributed by atoms with Crippen LogP contribution in [0, 0.1) is 17.0 Å². The van der Waals surface area contributed by atoms with Crippen LogP contribution in [0.5, 0.6) is 5.75 Å². The Morgan fingerprint density at radius 1 is 1.03 bits per heavy atom. The Hall–Kier alpha value is -3.19. The van der Waals surface area contributed by atoms with Gasteiger partial charge in [0.1, 0.15) is 19.0 Å². The van der Waals surface area contributed by atoms with Gasteiger partial charge in [-0.05, 0) is 57.7 Å². The number of ether oxygens (including phenoxy) is 1. The highest BCUT2D eigenvalue weighted by Gasteiger charge is 2.06. The van der Waals surface area contributed by atoms with Gasteiger partial charge in [-0.2, -0.15) is 0 Å². The molecule has 148 valence electrons. The van der Waals surface area contributed by atoms with E-state index in [1.165, 1.54) is 17.7 Å². The van der Waals surface area contributed by atoms with Crippen molar-refractivity contribution in [3.63, 3.8) is 0 Å². The summed E-state index contributed by atoms with van der Waals surface area (Å²) >= 11 is 3.51. The highest BCUT2D eigenvalue weighted by molar-refractivity contribution is 9.10. The van der Waals surface area contributed by atoms with Gasteiger partial charge in [0.15, 0.2) is 0 Å². The van der Waals surface area contributed by atoms with Gasteiger partial charge >= 0.3 is 0 Å². The third kappa shape index (κ3) is 6.15. The van der Waals surface area contributed by atoms with E-state index < -0.39 is 4.92 Å². The quantitative estimate of drug-likeness (QED) is 0.245. The molecule has 0 N–H and O–H groups in total. The van der Waals surface area contributed by atoms with E-state index in [-0.39, 0.29) is 12.3 Å². The van der Waals surface area contributed by atoms with Crippen molar-refractivity contribution in [3.05, 3.63) is 104 Å². The maximum absolute atomic E-state index is 10.8. The molecule has 0 aliphatic heterocycles. The molecule has 7 heteroatoms. The minimum atomic E-state index is -0.438. The predicted molar refractivity (Wildman–Crippen MR) is 115 cm³/mol. The van der Waals surface area contributed by atoms with E-state index in [9.17, 15) is 10.1 Å². The van der Waals surface area contributed by atoms with Crippen LogP contribution in [0.25, 0.3) is 0 Å². The molecule has 6 nitrogen and oxygen atoms in total. The number of rotatable bonds is 8. The first-order valence-corrected chi connectivity index (χ1v) is 9.67. The van der Waals surface area contributed by atoms with Gasteiger partial charge in [0, 0.05) is 12.1 Å². The lowest BCUT2D eigenvalue weighted by Crippen LogP contribution is -1.97. The molecule has 0 amide bonds. The average molecular weight is 455 g/mol. The smallest absolute Gasteiger partial charge is 0.269 e. The molecule has 0 spiro atoms. The molecule has 0 aliphatic carbocycles. The zero-order chi connectivity index (χ0) is 20.6. The molecule has 0 unspecified atom stereocenters. The fourth-order valence-electron chi connectivity index (χ4n) is 2.65. The first-order chi connectivity index (χ1) is 14.0. The topological polar surface area (TPSA) is 74.0 Å². The first kappa shape index (κ1) is 20.5. The van der Waals surface area contributed by atoms with Gasteiger partial charge in [-0.15, -0.1) is 0 Å². The molecule has 3 aromatic rings. The van der Waals surface area contributed by atoms with Crippen LogP contribution in [-0.4, -0.2) is 11.1 Å². The van der Waals surface area contributed by atoms with Crippen LogP contribution in [-0.2, 0) is 18.1 Å². The molecule has 0 bridgehead atoms. The normalized spacial score (nSPS) is 10.8. The summed E-state index contributed by atoms with van der Waals surface area (Å²) in [6.45, 7) is 2.69. The summed E-state index contributed by atoms with van der Waals surface area (Å²) in [5.74, 6) is 0.737. The van der Waals surface area contributed by atoms with Crippen molar-refractivity contribution in [2.75, 3.05) is 0 Å². The highest BCUT2D eigenvalue weighted by atomic mass is 79.9. The fraction of sp³-hybridized carbons (Fsp3) is 0.136. The van der Waals surface area contributed by atoms with Crippen LogP contribution in [0.1, 0.15) is 22.3 Å². The maximum atomic E-state index is 10.8. The molecule has 0 heterocycles. The highest BCUT2D eigenvalue weighted by Crippen LogP contribution is 2.26. The lowest BCUT2D eigenvalue weighted by molar-refractivity contribution is -0.384. The van der Waals surface area contributed by atoms with Gasteiger partial charge in [0.2, 0.25) is 0 Å². The fourth-order valence-corrected chi connectivity index (χ4v) is 3.16. The van der Waals surface area contributed by atoms with Crippen LogP contribution in [0.4, 0.5) is 5.69 Å². The molecule has 3 aromatic carbocycles. The second-order valence-electron chi connectivity index (χ2n) is 6.40. The third-order valence-electron chi connectivity index (χ3n) is 4.06. The van der Waals surface area contributed by atoms with Crippen molar-refractivity contribution in [1.82, 2.24) is 0 Å². The number of hydrogen-bond donors (Lipinski definition) is 0. The van der Waals surface area contributed by atoms with Crippen LogP contribution in [0.3, 0.4) is 0 Å². The van der Waals surface area contributed by atoms with E-state index in [1.807, 2.05) is 30.3 Å². The van der Waals surface area contributed by atoms with E-state index >= 15 is 0 Å². The first-order valence-electron chi connectivity index (χ1n) is 8.88. The molecular formula is C22H19BrN2O4. The van der Waals surface area contributed by atoms with Crippen LogP contribution >= 0.6 is 15.9 Å². The molecule has 0 atom stereocenters. The van der Waals surface area contributed by atoms with Gasteiger partial charge in [-0.3, -0.25) is 10.1 Å². The number of benzene rings is 3. The zero-order valence-electron chi connectivity index (χ0n) is 15.7. The number of halogens is 1. The molecular weight excluding hydrogens is 436 g/mol. The Labute approximate surface area is 177 Å². The molecule has 0 saturated carbocycles. The van der Waals surface area contributed by atoms with Crippen molar-refractivity contribution in [2.24, 2.45) is 5.16 Å². The molecule has 0 saturated heterocycles. The maximum Gasteiger partial charge on any atom is 0.269 e. The van der Waals surface area contributed by atoms with E-state index in [2.05, 4.69) is 40.1 Å². The number of nitro groups is 1. The van der Waals surface area contributed by atoms with Crippen molar-refractivity contribution in [1.29, 1.82) is 0 Å². The van der Waals surface area contributed by atoms with E-state index in [1.54, 1.807) is 18.3 Å². The Balaban J connectivity index is 1.54. The second-order valence-corrected chi connectivity index (χ2v) is 7.26. The molecule has 0 radical (unpaired) electrons.